The highest BCUT2D eigenvalue weighted by Crippen LogP contribution is 2.53. The molecular formula is C29H28N2O10. The van der Waals surface area contributed by atoms with Gasteiger partial charge in [-0.15, -0.1) is 0 Å². The molecule has 2 aromatic rings. The van der Waals surface area contributed by atoms with Gasteiger partial charge in [0.05, 0.1) is 18.7 Å². The summed E-state index contributed by atoms with van der Waals surface area (Å²) < 4.78 is 9.51. The molecular weight excluding hydrogens is 536 g/mol. The average molecular weight is 565 g/mol. The van der Waals surface area contributed by atoms with Gasteiger partial charge in [0.15, 0.2) is 11.4 Å². The predicted octanol–water partition coefficient (Wildman–Crippen LogP) is 1.78. The third kappa shape index (κ3) is 4.06. The molecule has 3 aliphatic carbocycles. The minimum absolute atomic E-state index is 0.0197. The fraction of sp³-hybridized carbons (Fsp3) is 0.310. The van der Waals surface area contributed by atoms with Crippen LogP contribution in [0.25, 0.3) is 16.9 Å². The zero-order chi connectivity index (χ0) is 30.0. The number of methoxy groups -OCH3 is 1. The van der Waals surface area contributed by atoms with Crippen molar-refractivity contribution in [1.82, 2.24) is 4.90 Å². The summed E-state index contributed by atoms with van der Waals surface area (Å²) in [5.74, 6) is -6.87. The van der Waals surface area contributed by atoms with Gasteiger partial charge in [-0.1, -0.05) is 18.2 Å². The minimum Gasteiger partial charge on any atom is -0.508 e. The number of aromatic hydroxyl groups is 1. The Bertz CT molecular complexity index is 1570. The third-order valence-electron chi connectivity index (χ3n) is 8.14. The first-order chi connectivity index (χ1) is 19.3. The van der Waals surface area contributed by atoms with Crippen LogP contribution in [0.2, 0.25) is 0 Å². The molecule has 5 rings (SSSR count). The van der Waals surface area contributed by atoms with Crippen LogP contribution in [0.5, 0.6) is 11.5 Å². The molecule has 2 aromatic carbocycles. The van der Waals surface area contributed by atoms with Crippen molar-refractivity contribution in [3.63, 3.8) is 0 Å². The molecule has 0 radical (unpaired) electrons. The maximum absolute atomic E-state index is 13.9. The van der Waals surface area contributed by atoms with Gasteiger partial charge in [-0.05, 0) is 67.7 Å². The second-order valence-electron chi connectivity index (χ2n) is 10.5. The van der Waals surface area contributed by atoms with Crippen molar-refractivity contribution in [2.24, 2.45) is 17.6 Å². The van der Waals surface area contributed by atoms with Gasteiger partial charge in [0.2, 0.25) is 5.78 Å². The number of nitrogens with two attached hydrogens (primary N) is 1. The number of nitrogens with zero attached hydrogens (tertiary/aromatic N) is 1. The average Bonchev–Trinajstić information content (AvgIpc) is 2.91. The number of aliphatic hydroxyl groups excluding tert-OH is 2. The largest absolute Gasteiger partial charge is 0.513 e. The SMILES string of the molecule is COC(=O)Oc1ccc(-c2ccc(O)c3c2C[C@H]2C[C@H]4C(N(C)C)C(=O)C(C(N)=O)=C(O)[C@@]4(O)C(=O)C2=C3O)cc1. The maximum Gasteiger partial charge on any atom is 0.513 e. The minimum atomic E-state index is -2.70. The van der Waals surface area contributed by atoms with Crippen molar-refractivity contribution in [1.29, 1.82) is 0 Å². The summed E-state index contributed by atoms with van der Waals surface area (Å²) >= 11 is 0. The number of ether oxygens (including phenoxy) is 2. The molecule has 41 heavy (non-hydrogen) atoms. The first-order valence-electron chi connectivity index (χ1n) is 12.7. The fourth-order valence-corrected chi connectivity index (χ4v) is 6.35. The van der Waals surface area contributed by atoms with Crippen molar-refractivity contribution in [2.75, 3.05) is 21.2 Å². The highest BCUT2D eigenvalue weighted by Gasteiger charge is 2.64. The van der Waals surface area contributed by atoms with E-state index in [4.69, 9.17) is 10.5 Å². The zero-order valence-corrected chi connectivity index (χ0v) is 22.4. The first kappa shape index (κ1) is 27.9. The lowest BCUT2D eigenvalue weighted by Crippen LogP contribution is -2.65. The van der Waals surface area contributed by atoms with Crippen LogP contribution in [0, 0.1) is 11.8 Å². The van der Waals surface area contributed by atoms with Gasteiger partial charge in [-0.25, -0.2) is 4.79 Å². The number of aliphatic hydroxyl groups is 3. The number of fused-ring (bicyclic) bond motifs is 3. The van der Waals surface area contributed by atoms with Crippen LogP contribution in [0.1, 0.15) is 17.5 Å². The third-order valence-corrected chi connectivity index (χ3v) is 8.14. The van der Waals surface area contributed by atoms with E-state index < -0.39 is 64.2 Å². The standard InChI is InChI=1S/C29H28N2O10/c1-31(2)22-17-11-13-10-16-15(12-4-6-14(7-5-12)41-28(38)40-3)8-9-18(32)20(16)23(33)19(13)25(35)29(17,39)26(36)21(24(22)34)27(30)37/h4-9,13,17,22,32-33,36,39H,10-11H2,1-3H3,(H2,30,37)/t13-,17-,22?,29-/m0/s1. The van der Waals surface area contributed by atoms with E-state index in [0.717, 1.165) is 0 Å². The summed E-state index contributed by atoms with van der Waals surface area (Å²) in [5, 5.41) is 44.8. The molecule has 0 spiro atoms. The van der Waals surface area contributed by atoms with Crippen LogP contribution >= 0.6 is 0 Å². The normalized spacial score (nSPS) is 25.4. The highest BCUT2D eigenvalue weighted by atomic mass is 16.7. The Morgan fingerprint density at radius 1 is 1.05 bits per heavy atom. The number of primary amides is 1. The van der Waals surface area contributed by atoms with Gasteiger partial charge in [-0.3, -0.25) is 19.3 Å². The lowest BCUT2D eigenvalue weighted by Gasteiger charge is -2.50. The van der Waals surface area contributed by atoms with E-state index in [1.807, 2.05) is 0 Å². The van der Waals surface area contributed by atoms with Gasteiger partial charge in [0, 0.05) is 11.5 Å². The molecule has 12 heteroatoms. The maximum atomic E-state index is 13.9. The Morgan fingerprint density at radius 3 is 2.29 bits per heavy atom. The van der Waals surface area contributed by atoms with Crippen molar-refractivity contribution < 1.29 is 49.1 Å². The summed E-state index contributed by atoms with van der Waals surface area (Å²) in [6.45, 7) is 0. The lowest BCUT2D eigenvalue weighted by molar-refractivity contribution is -0.153. The van der Waals surface area contributed by atoms with E-state index in [1.54, 1.807) is 30.3 Å². The van der Waals surface area contributed by atoms with Crippen LogP contribution in [0.3, 0.4) is 0 Å². The number of likely N-dealkylation sites (N-methyl/N-ethyl adjacent to an activating group) is 1. The smallest absolute Gasteiger partial charge is 0.508 e. The molecule has 1 fully saturated rings. The number of carbonyl (C=O) groups excluding carboxylic acids is 4. The molecule has 214 valence electrons. The molecule has 1 unspecified atom stereocenters. The van der Waals surface area contributed by atoms with Gasteiger partial charge in [0.25, 0.3) is 5.91 Å². The highest BCUT2D eigenvalue weighted by molar-refractivity contribution is 6.24. The molecule has 3 aliphatic rings. The Labute approximate surface area is 233 Å². The summed E-state index contributed by atoms with van der Waals surface area (Å²) in [6.07, 6.45) is -0.767. The lowest BCUT2D eigenvalue weighted by atomic mass is 9.57. The first-order valence-corrected chi connectivity index (χ1v) is 12.7. The molecule has 6 N–H and O–H groups in total. The van der Waals surface area contributed by atoms with Gasteiger partial charge in [-0.2, -0.15) is 0 Å². The quantitative estimate of drug-likeness (QED) is 0.206. The summed E-state index contributed by atoms with van der Waals surface area (Å²) in [6, 6.07) is 8.24. The van der Waals surface area contributed by atoms with Crippen LogP contribution in [-0.4, -0.2) is 81.8 Å². The number of rotatable bonds is 4. The zero-order valence-electron chi connectivity index (χ0n) is 22.4. The second-order valence-corrected chi connectivity index (χ2v) is 10.5. The molecule has 4 atom stereocenters. The van der Waals surface area contributed by atoms with Gasteiger partial charge < -0.3 is 35.6 Å². The number of benzene rings is 2. The summed E-state index contributed by atoms with van der Waals surface area (Å²) in [4.78, 5) is 52.1. The van der Waals surface area contributed by atoms with Crippen molar-refractivity contribution >= 4 is 29.4 Å². The van der Waals surface area contributed by atoms with E-state index in [2.05, 4.69) is 4.74 Å². The van der Waals surface area contributed by atoms with E-state index in [1.165, 1.54) is 32.2 Å². The van der Waals surface area contributed by atoms with Crippen molar-refractivity contribution in [2.45, 2.75) is 24.5 Å². The number of ketones is 2. The topological polar surface area (TPSA) is 197 Å². The molecule has 0 aliphatic heterocycles. The van der Waals surface area contributed by atoms with Crippen LogP contribution in [0.15, 0.2) is 53.3 Å². The Balaban J connectivity index is 1.65. The van der Waals surface area contributed by atoms with E-state index in [0.29, 0.717) is 16.7 Å². The van der Waals surface area contributed by atoms with Crippen LogP contribution < -0.4 is 10.5 Å². The van der Waals surface area contributed by atoms with E-state index in [-0.39, 0.29) is 35.5 Å². The molecule has 0 saturated heterocycles. The fourth-order valence-electron chi connectivity index (χ4n) is 6.35. The molecule has 1 saturated carbocycles. The number of amides is 1. The second kappa shape index (κ2) is 9.75. The Hall–Kier alpha value is -4.68. The predicted molar refractivity (Wildman–Crippen MR) is 143 cm³/mol. The number of phenolic OH excluding ortho intramolecular Hbond substituents is 1. The Morgan fingerprint density at radius 2 is 1.71 bits per heavy atom. The number of carbonyl (C=O) groups is 4. The molecule has 0 heterocycles. The van der Waals surface area contributed by atoms with Crippen molar-refractivity contribution in [3.8, 4) is 22.6 Å². The molecule has 1 amide bonds. The molecule has 0 bridgehead atoms. The van der Waals surface area contributed by atoms with Gasteiger partial charge in [0.1, 0.15) is 28.6 Å². The van der Waals surface area contributed by atoms with Crippen LogP contribution in [0.4, 0.5) is 4.79 Å². The van der Waals surface area contributed by atoms with E-state index >= 15 is 0 Å². The van der Waals surface area contributed by atoms with E-state index in [9.17, 15) is 39.6 Å². The number of Topliss-reactive ketones (excluding diaryl/α,β-unsaturated/α-hetero) is 2. The molecule has 0 aromatic heterocycles. The molecule has 12 nitrogen and oxygen atoms in total. The Kier molecular flexibility index (Phi) is 6.63. The number of hydrogen-bond acceptors (Lipinski definition) is 11. The summed E-state index contributed by atoms with van der Waals surface area (Å²) in [7, 11) is 4.26. The van der Waals surface area contributed by atoms with Crippen molar-refractivity contribution in [3.05, 3.63) is 64.4 Å². The summed E-state index contributed by atoms with van der Waals surface area (Å²) in [5.41, 5.74) is 3.31. The number of hydrogen-bond donors (Lipinski definition) is 5. The monoisotopic (exact) mass is 564 g/mol. The van der Waals surface area contributed by atoms with Crippen LogP contribution in [-0.2, 0) is 25.5 Å². The van der Waals surface area contributed by atoms with Gasteiger partial charge >= 0.3 is 6.16 Å². The number of phenols is 1.